The van der Waals surface area contributed by atoms with Gasteiger partial charge in [0, 0.05) is 37.8 Å². The van der Waals surface area contributed by atoms with Crippen molar-refractivity contribution in [3.8, 4) is 0 Å². The van der Waals surface area contributed by atoms with Crippen LogP contribution in [0.5, 0.6) is 0 Å². The van der Waals surface area contributed by atoms with Gasteiger partial charge in [-0.15, -0.1) is 0 Å². The van der Waals surface area contributed by atoms with Gasteiger partial charge >= 0.3 is 0 Å². The van der Waals surface area contributed by atoms with Gasteiger partial charge < -0.3 is 10.6 Å². The normalized spacial score (nSPS) is 25.5. The molecule has 0 saturated carbocycles. The molecule has 1 aromatic carbocycles. The Hall–Kier alpha value is -1.44. The van der Waals surface area contributed by atoms with Crippen LogP contribution >= 0.6 is 0 Å². The molecule has 1 amide bonds. The van der Waals surface area contributed by atoms with Gasteiger partial charge in [0.2, 0.25) is 10.0 Å². The van der Waals surface area contributed by atoms with Crippen molar-refractivity contribution in [1.82, 2.24) is 9.21 Å². The first-order valence-corrected chi connectivity index (χ1v) is 11.4. The Labute approximate surface area is 162 Å². The van der Waals surface area contributed by atoms with E-state index < -0.39 is 10.0 Å². The molecule has 0 spiro atoms. The van der Waals surface area contributed by atoms with Crippen molar-refractivity contribution in [2.75, 3.05) is 26.2 Å². The summed E-state index contributed by atoms with van der Waals surface area (Å²) in [5.74, 6) is 1.08. The molecule has 1 aromatic rings. The Bertz CT molecular complexity index is 755. The molecule has 27 heavy (non-hydrogen) atoms. The average Bonchev–Trinajstić information content (AvgIpc) is 2.67. The molecule has 0 bridgehead atoms. The van der Waals surface area contributed by atoms with Crippen LogP contribution in [-0.4, -0.2) is 55.8 Å². The lowest BCUT2D eigenvalue weighted by Gasteiger charge is -2.38. The van der Waals surface area contributed by atoms with Crippen molar-refractivity contribution in [3.05, 3.63) is 29.8 Å². The summed E-state index contributed by atoms with van der Waals surface area (Å²) in [6.45, 7) is 6.62. The van der Waals surface area contributed by atoms with Crippen LogP contribution in [0.1, 0.15) is 49.9 Å². The molecular weight excluding hydrogens is 362 g/mol. The Morgan fingerprint density at radius 1 is 1.04 bits per heavy atom. The summed E-state index contributed by atoms with van der Waals surface area (Å²) in [4.78, 5) is 15.0. The molecule has 0 radical (unpaired) electrons. The molecule has 2 N–H and O–H groups in total. The van der Waals surface area contributed by atoms with E-state index in [2.05, 4.69) is 13.8 Å². The largest absolute Gasteiger partial charge is 0.334 e. The maximum absolute atomic E-state index is 12.9. The van der Waals surface area contributed by atoms with E-state index in [1.165, 1.54) is 0 Å². The van der Waals surface area contributed by atoms with E-state index in [1.54, 1.807) is 28.6 Å². The molecule has 2 fully saturated rings. The van der Waals surface area contributed by atoms with Crippen molar-refractivity contribution >= 4 is 15.9 Å². The van der Waals surface area contributed by atoms with Crippen molar-refractivity contribution in [1.29, 1.82) is 0 Å². The van der Waals surface area contributed by atoms with E-state index in [9.17, 15) is 13.2 Å². The molecule has 2 aliphatic heterocycles. The minimum absolute atomic E-state index is 0.0556. The first-order valence-electron chi connectivity index (χ1n) is 9.94. The van der Waals surface area contributed by atoms with Crippen molar-refractivity contribution in [2.45, 2.75) is 50.5 Å². The molecule has 7 heteroatoms. The van der Waals surface area contributed by atoms with E-state index >= 15 is 0 Å². The molecule has 0 aromatic heterocycles. The number of rotatable bonds is 4. The lowest BCUT2D eigenvalue weighted by molar-refractivity contribution is 0.0573. The molecule has 2 heterocycles. The minimum atomic E-state index is -3.49. The molecular formula is C20H31N3O3S. The number of piperidine rings is 2. The summed E-state index contributed by atoms with van der Waals surface area (Å²) < 4.78 is 27.2. The van der Waals surface area contributed by atoms with Crippen molar-refractivity contribution in [2.24, 2.45) is 17.6 Å². The maximum atomic E-state index is 12.9. The standard InChI is InChI=1S/C20H31N3O3S/c1-15-7-10-22(11-8-15)27(25,26)19-5-3-17(4-6-19)20(24)23-12-9-16(2)13-18(23)14-21/h3-6,15-16,18H,7-14,21H2,1-2H3. The Morgan fingerprint density at radius 3 is 2.22 bits per heavy atom. The number of likely N-dealkylation sites (tertiary alicyclic amines) is 1. The van der Waals surface area contributed by atoms with E-state index in [-0.39, 0.29) is 16.8 Å². The lowest BCUT2D eigenvalue weighted by Crippen LogP contribution is -2.49. The molecule has 2 saturated heterocycles. The third-order valence-electron chi connectivity index (χ3n) is 5.99. The zero-order valence-corrected chi connectivity index (χ0v) is 17.1. The van der Waals surface area contributed by atoms with Crippen LogP contribution in [0.3, 0.4) is 0 Å². The molecule has 2 unspecified atom stereocenters. The van der Waals surface area contributed by atoms with Gasteiger partial charge in [-0.25, -0.2) is 8.42 Å². The van der Waals surface area contributed by atoms with Gasteiger partial charge in [0.15, 0.2) is 0 Å². The van der Waals surface area contributed by atoms with E-state index in [4.69, 9.17) is 5.73 Å². The fraction of sp³-hybridized carbons (Fsp3) is 0.650. The fourth-order valence-corrected chi connectivity index (χ4v) is 5.52. The fourth-order valence-electron chi connectivity index (χ4n) is 4.05. The zero-order valence-electron chi connectivity index (χ0n) is 16.3. The first-order chi connectivity index (χ1) is 12.8. The van der Waals surface area contributed by atoms with E-state index in [1.807, 2.05) is 4.90 Å². The van der Waals surface area contributed by atoms with Crippen LogP contribution in [0.15, 0.2) is 29.2 Å². The van der Waals surface area contributed by atoms with Crippen LogP contribution in [0.25, 0.3) is 0 Å². The highest BCUT2D eigenvalue weighted by atomic mass is 32.2. The molecule has 2 atom stereocenters. The second-order valence-electron chi connectivity index (χ2n) is 8.13. The third-order valence-corrected chi connectivity index (χ3v) is 7.91. The Morgan fingerprint density at radius 2 is 1.63 bits per heavy atom. The minimum Gasteiger partial charge on any atom is -0.334 e. The van der Waals surface area contributed by atoms with Gasteiger partial charge in [0.25, 0.3) is 5.91 Å². The SMILES string of the molecule is CC1CCN(S(=O)(=O)c2ccc(C(=O)N3CCC(C)CC3CN)cc2)CC1. The highest BCUT2D eigenvalue weighted by Crippen LogP contribution is 2.26. The molecule has 2 aliphatic rings. The van der Waals surface area contributed by atoms with Gasteiger partial charge in [-0.05, 0) is 61.8 Å². The van der Waals surface area contributed by atoms with Crippen molar-refractivity contribution < 1.29 is 13.2 Å². The quantitative estimate of drug-likeness (QED) is 0.851. The number of sulfonamides is 1. The molecule has 150 valence electrons. The summed E-state index contributed by atoms with van der Waals surface area (Å²) in [6, 6.07) is 6.44. The van der Waals surface area contributed by atoms with E-state index in [0.29, 0.717) is 43.6 Å². The lowest BCUT2D eigenvalue weighted by atomic mass is 9.92. The summed E-state index contributed by atoms with van der Waals surface area (Å²) in [6.07, 6.45) is 3.68. The smallest absolute Gasteiger partial charge is 0.254 e. The number of hydrogen-bond donors (Lipinski definition) is 1. The topological polar surface area (TPSA) is 83.7 Å². The summed E-state index contributed by atoms with van der Waals surface area (Å²) in [5, 5.41) is 0. The Kier molecular flexibility index (Phi) is 6.23. The first kappa shape index (κ1) is 20.3. The van der Waals surface area contributed by atoms with Crippen LogP contribution in [0, 0.1) is 11.8 Å². The number of benzene rings is 1. The summed E-state index contributed by atoms with van der Waals surface area (Å²) in [5.41, 5.74) is 6.39. The number of carbonyl (C=O) groups excluding carboxylic acids is 1. The zero-order chi connectivity index (χ0) is 19.6. The second kappa shape index (κ2) is 8.29. The summed E-state index contributed by atoms with van der Waals surface area (Å²) in [7, 11) is -3.49. The number of amides is 1. The number of carbonyl (C=O) groups is 1. The monoisotopic (exact) mass is 393 g/mol. The average molecular weight is 394 g/mol. The van der Waals surface area contributed by atoms with Gasteiger partial charge in [0.1, 0.15) is 0 Å². The van der Waals surface area contributed by atoms with Crippen LogP contribution in [0.2, 0.25) is 0 Å². The second-order valence-corrected chi connectivity index (χ2v) is 10.1. The van der Waals surface area contributed by atoms with Crippen LogP contribution in [0.4, 0.5) is 0 Å². The van der Waals surface area contributed by atoms with E-state index in [0.717, 1.165) is 25.7 Å². The highest BCUT2D eigenvalue weighted by molar-refractivity contribution is 7.89. The number of nitrogens with two attached hydrogens (primary N) is 1. The van der Waals surface area contributed by atoms with Gasteiger partial charge in [0.05, 0.1) is 4.90 Å². The highest BCUT2D eigenvalue weighted by Gasteiger charge is 2.31. The van der Waals surface area contributed by atoms with Crippen LogP contribution < -0.4 is 5.73 Å². The van der Waals surface area contributed by atoms with Gasteiger partial charge in [-0.2, -0.15) is 4.31 Å². The maximum Gasteiger partial charge on any atom is 0.254 e. The summed E-state index contributed by atoms with van der Waals surface area (Å²) >= 11 is 0. The number of nitrogens with zero attached hydrogens (tertiary/aromatic N) is 2. The van der Waals surface area contributed by atoms with Gasteiger partial charge in [-0.3, -0.25) is 4.79 Å². The van der Waals surface area contributed by atoms with Crippen molar-refractivity contribution in [3.63, 3.8) is 0 Å². The predicted molar refractivity (Wildman–Crippen MR) is 106 cm³/mol. The third kappa shape index (κ3) is 4.36. The molecule has 0 aliphatic carbocycles. The predicted octanol–water partition coefficient (Wildman–Crippen LogP) is 2.31. The Balaban J connectivity index is 1.74. The molecule has 3 rings (SSSR count). The van der Waals surface area contributed by atoms with Gasteiger partial charge in [-0.1, -0.05) is 13.8 Å². The molecule has 6 nitrogen and oxygen atoms in total. The van der Waals surface area contributed by atoms with Crippen LogP contribution in [-0.2, 0) is 10.0 Å². The number of hydrogen-bond acceptors (Lipinski definition) is 4.